The summed E-state index contributed by atoms with van der Waals surface area (Å²) in [7, 11) is 1.63. The van der Waals surface area contributed by atoms with Gasteiger partial charge in [-0.3, -0.25) is 0 Å². The number of rotatable bonds is 8. The molecule has 0 amide bonds. The number of aryl methyl sites for hydroxylation is 1. The van der Waals surface area contributed by atoms with Crippen molar-refractivity contribution < 1.29 is 13.9 Å². The first-order valence-corrected chi connectivity index (χ1v) is 7.07. The maximum Gasteiger partial charge on any atom is 0.151 e. The molecule has 0 unspecified atom stereocenters. The highest BCUT2D eigenvalue weighted by Gasteiger charge is 2.12. The summed E-state index contributed by atoms with van der Waals surface area (Å²) in [5.74, 6) is 0.933. The smallest absolute Gasteiger partial charge is 0.151 e. The Labute approximate surface area is 122 Å². The molecule has 0 saturated heterocycles. The van der Waals surface area contributed by atoms with E-state index in [2.05, 4.69) is 4.98 Å². The Bertz CT molecular complexity index is 559. The molecule has 0 bridgehead atoms. The van der Waals surface area contributed by atoms with Gasteiger partial charge < -0.3 is 14.0 Å². The third-order valence-electron chi connectivity index (χ3n) is 3.02. The third kappa shape index (κ3) is 3.48. The summed E-state index contributed by atoms with van der Waals surface area (Å²) in [6.07, 6.45) is 0.605. The summed E-state index contributed by atoms with van der Waals surface area (Å²) in [6, 6.07) is 4.96. The van der Waals surface area contributed by atoms with Crippen molar-refractivity contribution in [3.63, 3.8) is 0 Å². The Hall–Kier alpha value is -1.17. The van der Waals surface area contributed by atoms with Crippen LogP contribution in [0.25, 0.3) is 11.0 Å². The molecule has 1 heterocycles. The minimum atomic E-state index is -0.308. The Morgan fingerprint density at radius 3 is 2.90 bits per heavy atom. The van der Waals surface area contributed by atoms with Crippen LogP contribution in [-0.2, 0) is 22.4 Å². The third-order valence-corrected chi connectivity index (χ3v) is 3.21. The number of halogens is 2. The highest BCUT2D eigenvalue weighted by atomic mass is 35.5. The van der Waals surface area contributed by atoms with Crippen molar-refractivity contribution >= 4 is 22.6 Å². The molecule has 0 saturated carbocycles. The maximum atomic E-state index is 13.8. The standard InChI is InChI=1S/C14H18ClFN2O2/c1-19-9-10-20-8-7-18-12-4-2-3-11(16)14(12)17-13(18)5-6-15/h2-4H,5-10H2,1H3. The fraction of sp³-hybridized carbons (Fsp3) is 0.500. The van der Waals surface area contributed by atoms with Crippen molar-refractivity contribution in [3.05, 3.63) is 29.8 Å². The number of nitrogens with zero attached hydrogens (tertiary/aromatic N) is 2. The van der Waals surface area contributed by atoms with Crippen molar-refractivity contribution in [3.8, 4) is 0 Å². The van der Waals surface area contributed by atoms with E-state index in [1.54, 1.807) is 13.2 Å². The number of aromatic nitrogens is 2. The van der Waals surface area contributed by atoms with E-state index >= 15 is 0 Å². The van der Waals surface area contributed by atoms with Crippen molar-refractivity contribution in [2.45, 2.75) is 13.0 Å². The Morgan fingerprint density at radius 1 is 1.30 bits per heavy atom. The zero-order valence-electron chi connectivity index (χ0n) is 11.4. The number of benzene rings is 1. The zero-order valence-corrected chi connectivity index (χ0v) is 12.2. The number of imidazole rings is 1. The van der Waals surface area contributed by atoms with Crippen LogP contribution < -0.4 is 0 Å². The monoisotopic (exact) mass is 300 g/mol. The van der Waals surface area contributed by atoms with Crippen molar-refractivity contribution in [1.29, 1.82) is 0 Å². The number of fused-ring (bicyclic) bond motifs is 1. The summed E-state index contributed by atoms with van der Waals surface area (Å²) in [6.45, 7) is 2.26. The number of hydrogen-bond acceptors (Lipinski definition) is 3. The summed E-state index contributed by atoms with van der Waals surface area (Å²) in [5, 5.41) is 0. The molecular weight excluding hydrogens is 283 g/mol. The lowest BCUT2D eigenvalue weighted by atomic mass is 10.3. The largest absolute Gasteiger partial charge is 0.382 e. The Balaban J connectivity index is 2.16. The van der Waals surface area contributed by atoms with Gasteiger partial charge in [-0.15, -0.1) is 11.6 Å². The molecule has 0 aliphatic heterocycles. The molecule has 2 rings (SSSR count). The SMILES string of the molecule is COCCOCCn1c(CCCl)nc2c(F)cccc21. The van der Waals surface area contributed by atoms with Crippen LogP contribution in [0.5, 0.6) is 0 Å². The average molecular weight is 301 g/mol. The van der Waals surface area contributed by atoms with E-state index < -0.39 is 0 Å². The molecular formula is C14H18ClFN2O2. The van der Waals surface area contributed by atoms with E-state index in [-0.39, 0.29) is 5.82 Å². The van der Waals surface area contributed by atoms with Crippen LogP contribution in [0.1, 0.15) is 5.82 Å². The van der Waals surface area contributed by atoms with Crippen molar-refractivity contribution in [2.24, 2.45) is 0 Å². The van der Waals surface area contributed by atoms with Gasteiger partial charge in [0.25, 0.3) is 0 Å². The van der Waals surface area contributed by atoms with Gasteiger partial charge in [0.15, 0.2) is 5.82 Å². The van der Waals surface area contributed by atoms with Crippen LogP contribution in [0, 0.1) is 5.82 Å². The summed E-state index contributed by atoms with van der Waals surface area (Å²) in [5.41, 5.74) is 1.17. The summed E-state index contributed by atoms with van der Waals surface area (Å²) >= 11 is 5.78. The zero-order chi connectivity index (χ0) is 14.4. The van der Waals surface area contributed by atoms with E-state index in [0.29, 0.717) is 44.2 Å². The molecule has 0 fully saturated rings. The molecule has 0 spiro atoms. The molecule has 0 aliphatic rings. The molecule has 110 valence electrons. The molecule has 1 aromatic heterocycles. The average Bonchev–Trinajstić information content (AvgIpc) is 2.79. The van der Waals surface area contributed by atoms with Gasteiger partial charge in [-0.1, -0.05) is 6.07 Å². The van der Waals surface area contributed by atoms with Crippen molar-refractivity contribution in [2.75, 3.05) is 32.8 Å². The Morgan fingerprint density at radius 2 is 2.15 bits per heavy atom. The van der Waals surface area contributed by atoms with E-state index in [1.807, 2.05) is 10.6 Å². The van der Waals surface area contributed by atoms with Gasteiger partial charge in [0.1, 0.15) is 11.3 Å². The van der Waals surface area contributed by atoms with Gasteiger partial charge >= 0.3 is 0 Å². The number of alkyl halides is 1. The van der Waals surface area contributed by atoms with Gasteiger partial charge in [-0.25, -0.2) is 9.37 Å². The molecule has 20 heavy (non-hydrogen) atoms. The lowest BCUT2D eigenvalue weighted by Crippen LogP contribution is -2.12. The number of ether oxygens (including phenoxy) is 2. The quantitative estimate of drug-likeness (QED) is 0.555. The molecule has 6 heteroatoms. The van der Waals surface area contributed by atoms with Gasteiger partial charge in [0, 0.05) is 26.0 Å². The molecule has 1 aromatic carbocycles. The highest BCUT2D eigenvalue weighted by molar-refractivity contribution is 6.17. The highest BCUT2D eigenvalue weighted by Crippen LogP contribution is 2.19. The predicted octanol–water partition coefficient (Wildman–Crippen LogP) is 2.62. The molecule has 0 aliphatic carbocycles. The van der Waals surface area contributed by atoms with Crippen LogP contribution in [0.15, 0.2) is 18.2 Å². The van der Waals surface area contributed by atoms with E-state index in [1.165, 1.54) is 6.07 Å². The fourth-order valence-corrected chi connectivity index (χ4v) is 2.25. The normalized spacial score (nSPS) is 11.3. The second kappa shape index (κ2) is 7.57. The minimum absolute atomic E-state index is 0.308. The Kier molecular flexibility index (Phi) is 5.76. The van der Waals surface area contributed by atoms with Crippen LogP contribution in [-0.4, -0.2) is 42.4 Å². The van der Waals surface area contributed by atoms with E-state index in [0.717, 1.165) is 11.3 Å². The molecule has 0 N–H and O–H groups in total. The first kappa shape index (κ1) is 15.2. The molecule has 0 radical (unpaired) electrons. The van der Waals surface area contributed by atoms with Crippen LogP contribution in [0.2, 0.25) is 0 Å². The molecule has 4 nitrogen and oxygen atoms in total. The van der Waals surface area contributed by atoms with Gasteiger partial charge in [0.05, 0.1) is 25.3 Å². The van der Waals surface area contributed by atoms with Crippen LogP contribution in [0.4, 0.5) is 4.39 Å². The first-order valence-electron chi connectivity index (χ1n) is 6.54. The van der Waals surface area contributed by atoms with Crippen LogP contribution in [0.3, 0.4) is 0 Å². The number of hydrogen-bond donors (Lipinski definition) is 0. The van der Waals surface area contributed by atoms with Crippen molar-refractivity contribution in [1.82, 2.24) is 9.55 Å². The minimum Gasteiger partial charge on any atom is -0.382 e. The summed E-state index contributed by atoms with van der Waals surface area (Å²) in [4.78, 5) is 4.34. The lowest BCUT2D eigenvalue weighted by Gasteiger charge is -2.09. The van der Waals surface area contributed by atoms with Crippen LogP contribution >= 0.6 is 11.6 Å². The molecule has 2 aromatic rings. The van der Waals surface area contributed by atoms with Gasteiger partial charge in [0.2, 0.25) is 0 Å². The first-order chi connectivity index (χ1) is 9.77. The van der Waals surface area contributed by atoms with Gasteiger partial charge in [-0.05, 0) is 12.1 Å². The van der Waals surface area contributed by atoms with E-state index in [9.17, 15) is 4.39 Å². The maximum absolute atomic E-state index is 13.8. The molecule has 0 atom stereocenters. The summed E-state index contributed by atoms with van der Waals surface area (Å²) < 4.78 is 26.1. The number of methoxy groups -OCH3 is 1. The topological polar surface area (TPSA) is 36.3 Å². The van der Waals surface area contributed by atoms with Gasteiger partial charge in [-0.2, -0.15) is 0 Å². The fourth-order valence-electron chi connectivity index (χ4n) is 2.09. The van der Waals surface area contributed by atoms with E-state index in [4.69, 9.17) is 21.1 Å². The number of para-hydroxylation sites is 1. The second-order valence-corrected chi connectivity index (χ2v) is 4.71. The lowest BCUT2D eigenvalue weighted by molar-refractivity contribution is 0.0667. The second-order valence-electron chi connectivity index (χ2n) is 4.33. The predicted molar refractivity (Wildman–Crippen MR) is 76.8 cm³/mol.